The van der Waals surface area contributed by atoms with Gasteiger partial charge in [-0.25, -0.2) is 0 Å². The van der Waals surface area contributed by atoms with E-state index in [2.05, 4.69) is 5.32 Å². The molecule has 0 bridgehead atoms. The van der Waals surface area contributed by atoms with Crippen molar-refractivity contribution in [3.8, 4) is 5.75 Å². The van der Waals surface area contributed by atoms with Crippen molar-refractivity contribution in [2.24, 2.45) is 0 Å². The lowest BCUT2D eigenvalue weighted by molar-refractivity contribution is -0.152. The van der Waals surface area contributed by atoms with Gasteiger partial charge in [0.2, 0.25) is 0 Å². The maximum Gasteiger partial charge on any atom is 0.326 e. The second kappa shape index (κ2) is 6.75. The fourth-order valence-electron chi connectivity index (χ4n) is 2.73. The van der Waals surface area contributed by atoms with Gasteiger partial charge in [0.1, 0.15) is 11.3 Å². The Morgan fingerprint density at radius 1 is 1.30 bits per heavy atom. The zero-order valence-electron chi connectivity index (χ0n) is 12.3. The van der Waals surface area contributed by atoms with Crippen LogP contribution in [0.1, 0.15) is 31.7 Å². The van der Waals surface area contributed by atoms with Crippen molar-refractivity contribution in [2.75, 3.05) is 20.3 Å². The van der Waals surface area contributed by atoms with E-state index >= 15 is 0 Å². The SMILES string of the molecule is CCOC(=O)[C@@]1(Cc2ccc(OC)cc2)CCCCN1. The molecule has 1 aliphatic heterocycles. The molecule has 20 heavy (non-hydrogen) atoms. The van der Waals surface area contributed by atoms with Gasteiger partial charge in [-0.1, -0.05) is 12.1 Å². The molecule has 4 heteroatoms. The summed E-state index contributed by atoms with van der Waals surface area (Å²) >= 11 is 0. The molecule has 0 unspecified atom stereocenters. The van der Waals surface area contributed by atoms with E-state index in [0.717, 1.165) is 37.1 Å². The summed E-state index contributed by atoms with van der Waals surface area (Å²) in [4.78, 5) is 12.3. The number of rotatable bonds is 5. The van der Waals surface area contributed by atoms with Gasteiger partial charge in [-0.15, -0.1) is 0 Å². The topological polar surface area (TPSA) is 47.6 Å². The van der Waals surface area contributed by atoms with Gasteiger partial charge in [-0.3, -0.25) is 4.79 Å². The number of ether oxygens (including phenoxy) is 2. The molecule has 1 aliphatic rings. The summed E-state index contributed by atoms with van der Waals surface area (Å²) in [5.41, 5.74) is 0.552. The molecular weight excluding hydrogens is 254 g/mol. The molecule has 1 aromatic carbocycles. The predicted octanol–water partition coefficient (Wildman–Crippen LogP) is 2.31. The Labute approximate surface area is 120 Å². The maximum atomic E-state index is 12.3. The number of esters is 1. The molecule has 1 atom stereocenters. The van der Waals surface area contributed by atoms with Gasteiger partial charge in [0.15, 0.2) is 0 Å². The fraction of sp³-hybridized carbons (Fsp3) is 0.562. The highest BCUT2D eigenvalue weighted by atomic mass is 16.5. The van der Waals surface area contributed by atoms with Crippen LogP contribution in [0.25, 0.3) is 0 Å². The van der Waals surface area contributed by atoms with Crippen molar-refractivity contribution in [2.45, 2.75) is 38.1 Å². The van der Waals surface area contributed by atoms with Gasteiger partial charge in [-0.05, 0) is 50.4 Å². The first kappa shape index (κ1) is 14.9. The zero-order chi connectivity index (χ0) is 14.4. The summed E-state index contributed by atoms with van der Waals surface area (Å²) in [6.07, 6.45) is 3.67. The molecule has 0 spiro atoms. The van der Waals surface area contributed by atoms with E-state index in [-0.39, 0.29) is 5.97 Å². The van der Waals surface area contributed by atoms with E-state index in [4.69, 9.17) is 9.47 Å². The summed E-state index contributed by atoms with van der Waals surface area (Å²) in [7, 11) is 1.65. The largest absolute Gasteiger partial charge is 0.497 e. The van der Waals surface area contributed by atoms with E-state index in [0.29, 0.717) is 13.0 Å². The van der Waals surface area contributed by atoms with Crippen LogP contribution in [-0.2, 0) is 16.0 Å². The molecule has 1 aromatic rings. The van der Waals surface area contributed by atoms with Crippen molar-refractivity contribution >= 4 is 5.97 Å². The minimum atomic E-state index is -0.567. The number of carbonyl (C=O) groups is 1. The van der Waals surface area contributed by atoms with E-state index in [1.165, 1.54) is 0 Å². The van der Waals surface area contributed by atoms with Gasteiger partial charge in [0.25, 0.3) is 0 Å². The summed E-state index contributed by atoms with van der Waals surface area (Å²) in [6, 6.07) is 7.88. The molecular formula is C16H23NO3. The molecule has 0 aliphatic carbocycles. The van der Waals surface area contributed by atoms with Crippen molar-refractivity contribution < 1.29 is 14.3 Å². The lowest BCUT2D eigenvalue weighted by Gasteiger charge is -2.36. The first-order valence-electron chi connectivity index (χ1n) is 7.25. The molecule has 1 N–H and O–H groups in total. The number of hydrogen-bond donors (Lipinski definition) is 1. The highest BCUT2D eigenvalue weighted by Crippen LogP contribution is 2.26. The van der Waals surface area contributed by atoms with Crippen LogP contribution in [0, 0.1) is 0 Å². The molecule has 1 heterocycles. The number of nitrogens with one attached hydrogen (secondary N) is 1. The summed E-state index contributed by atoms with van der Waals surface area (Å²) in [5.74, 6) is 0.700. The summed E-state index contributed by atoms with van der Waals surface area (Å²) in [6.45, 7) is 3.14. The van der Waals surface area contributed by atoms with Crippen LogP contribution in [0.3, 0.4) is 0 Å². The van der Waals surface area contributed by atoms with Crippen molar-refractivity contribution in [1.82, 2.24) is 5.32 Å². The van der Waals surface area contributed by atoms with Crippen LogP contribution in [0.15, 0.2) is 24.3 Å². The van der Waals surface area contributed by atoms with Gasteiger partial charge in [-0.2, -0.15) is 0 Å². The van der Waals surface area contributed by atoms with Crippen LogP contribution >= 0.6 is 0 Å². The van der Waals surface area contributed by atoms with Crippen molar-refractivity contribution in [3.63, 3.8) is 0 Å². The molecule has 110 valence electrons. The molecule has 0 amide bonds. The molecule has 1 fully saturated rings. The maximum absolute atomic E-state index is 12.3. The van der Waals surface area contributed by atoms with Crippen LogP contribution in [-0.4, -0.2) is 31.8 Å². The highest BCUT2D eigenvalue weighted by molar-refractivity contribution is 5.81. The smallest absolute Gasteiger partial charge is 0.326 e. The summed E-state index contributed by atoms with van der Waals surface area (Å²) in [5, 5.41) is 3.39. The molecule has 2 rings (SSSR count). The molecule has 1 saturated heterocycles. The van der Waals surface area contributed by atoms with Crippen LogP contribution < -0.4 is 10.1 Å². The number of piperidine rings is 1. The molecule has 0 radical (unpaired) electrons. The predicted molar refractivity (Wildman–Crippen MR) is 77.9 cm³/mol. The Morgan fingerprint density at radius 3 is 2.60 bits per heavy atom. The van der Waals surface area contributed by atoms with Gasteiger partial charge in [0, 0.05) is 6.42 Å². The lowest BCUT2D eigenvalue weighted by atomic mass is 9.83. The van der Waals surface area contributed by atoms with E-state index in [1.807, 2.05) is 31.2 Å². The average molecular weight is 277 g/mol. The minimum absolute atomic E-state index is 0.129. The molecule has 4 nitrogen and oxygen atoms in total. The number of carbonyl (C=O) groups excluding carboxylic acids is 1. The number of methoxy groups -OCH3 is 1. The van der Waals surface area contributed by atoms with Gasteiger partial charge >= 0.3 is 5.97 Å². The second-order valence-corrected chi connectivity index (χ2v) is 5.21. The van der Waals surface area contributed by atoms with E-state index in [9.17, 15) is 4.79 Å². The first-order chi connectivity index (χ1) is 9.70. The normalized spacial score (nSPS) is 22.3. The summed E-state index contributed by atoms with van der Waals surface area (Å²) < 4.78 is 10.4. The Kier molecular flexibility index (Phi) is 5.01. The molecule has 0 aromatic heterocycles. The van der Waals surface area contributed by atoms with E-state index < -0.39 is 5.54 Å². The minimum Gasteiger partial charge on any atom is -0.497 e. The third-order valence-corrected chi connectivity index (χ3v) is 3.82. The Morgan fingerprint density at radius 2 is 2.05 bits per heavy atom. The van der Waals surface area contributed by atoms with Crippen molar-refractivity contribution in [1.29, 1.82) is 0 Å². The fourth-order valence-corrected chi connectivity index (χ4v) is 2.73. The van der Waals surface area contributed by atoms with Crippen LogP contribution in [0.5, 0.6) is 5.75 Å². The second-order valence-electron chi connectivity index (χ2n) is 5.21. The third kappa shape index (κ3) is 3.31. The Balaban J connectivity index is 2.15. The van der Waals surface area contributed by atoms with Crippen molar-refractivity contribution in [3.05, 3.63) is 29.8 Å². The first-order valence-corrected chi connectivity index (χ1v) is 7.25. The van der Waals surface area contributed by atoms with Gasteiger partial charge < -0.3 is 14.8 Å². The Hall–Kier alpha value is -1.55. The third-order valence-electron chi connectivity index (χ3n) is 3.82. The van der Waals surface area contributed by atoms with Crippen LogP contribution in [0.4, 0.5) is 0 Å². The monoisotopic (exact) mass is 277 g/mol. The quantitative estimate of drug-likeness (QED) is 0.839. The number of hydrogen-bond acceptors (Lipinski definition) is 4. The van der Waals surface area contributed by atoms with E-state index in [1.54, 1.807) is 7.11 Å². The zero-order valence-corrected chi connectivity index (χ0v) is 12.3. The average Bonchev–Trinajstić information content (AvgIpc) is 2.49. The Bertz CT molecular complexity index is 436. The highest BCUT2D eigenvalue weighted by Gasteiger charge is 2.40. The van der Waals surface area contributed by atoms with Gasteiger partial charge in [0.05, 0.1) is 13.7 Å². The molecule has 0 saturated carbocycles. The number of benzene rings is 1. The standard InChI is InChI=1S/C16H23NO3/c1-3-20-15(18)16(10-4-5-11-17-16)12-13-6-8-14(19-2)9-7-13/h6-9,17H,3-5,10-12H2,1-2H3/t16-/m0/s1. The van der Waals surface area contributed by atoms with Crippen LogP contribution in [0.2, 0.25) is 0 Å². The lowest BCUT2D eigenvalue weighted by Crippen LogP contribution is -2.57.